The highest BCUT2D eigenvalue weighted by molar-refractivity contribution is 5.50. The molecule has 0 aliphatic rings. The first-order valence-electron chi connectivity index (χ1n) is 5.89. The predicted octanol–water partition coefficient (Wildman–Crippen LogP) is 2.60. The zero-order chi connectivity index (χ0) is 13.9. The maximum atomic E-state index is 13.7. The molecule has 5 nitrogen and oxygen atoms in total. The summed E-state index contributed by atoms with van der Waals surface area (Å²) in [5.41, 5.74) is 1.25. The van der Waals surface area contributed by atoms with E-state index >= 15 is 0 Å². The largest absolute Gasteiger partial charge is 0.443 e. The molecule has 0 amide bonds. The smallest absolute Gasteiger partial charge is 0.244 e. The molecule has 0 saturated carbocycles. The molecule has 2 aromatic heterocycles. The second-order valence-corrected chi connectivity index (χ2v) is 4.11. The lowest BCUT2D eigenvalue weighted by Crippen LogP contribution is -2.05. The van der Waals surface area contributed by atoms with Gasteiger partial charge in [0.05, 0.1) is 12.7 Å². The molecule has 0 aliphatic heterocycles. The van der Waals surface area contributed by atoms with Crippen molar-refractivity contribution in [2.24, 2.45) is 0 Å². The summed E-state index contributed by atoms with van der Waals surface area (Å²) in [7, 11) is 0. The quantitative estimate of drug-likeness (QED) is 0.732. The fraction of sp³-hybridized carbons (Fsp3) is 0.0714. The van der Waals surface area contributed by atoms with Crippen LogP contribution in [-0.4, -0.2) is 14.8 Å². The molecule has 0 aliphatic carbocycles. The number of aromatic nitrogens is 3. The molecular formula is C14H9FN4O. The number of nitriles is 1. The molecule has 98 valence electrons. The Labute approximate surface area is 113 Å². The Hall–Kier alpha value is -2.94. The molecule has 0 atom stereocenters. The monoisotopic (exact) mass is 268 g/mol. The van der Waals surface area contributed by atoms with E-state index in [-0.39, 0.29) is 18.1 Å². The Kier molecular flexibility index (Phi) is 3.01. The second kappa shape index (κ2) is 4.97. The predicted molar refractivity (Wildman–Crippen MR) is 67.9 cm³/mol. The van der Waals surface area contributed by atoms with Gasteiger partial charge in [0.25, 0.3) is 0 Å². The first-order valence-corrected chi connectivity index (χ1v) is 5.89. The molecule has 2 heterocycles. The minimum atomic E-state index is -0.320. The average molecular weight is 268 g/mol. The van der Waals surface area contributed by atoms with Crippen molar-refractivity contribution >= 4 is 0 Å². The summed E-state index contributed by atoms with van der Waals surface area (Å²) in [6.45, 7) is 0.200. The van der Waals surface area contributed by atoms with E-state index in [9.17, 15) is 4.39 Å². The maximum Gasteiger partial charge on any atom is 0.244 e. The molecule has 3 aromatic rings. The third kappa shape index (κ3) is 2.17. The molecule has 0 N–H and O–H groups in total. The van der Waals surface area contributed by atoms with E-state index in [1.165, 1.54) is 23.2 Å². The van der Waals surface area contributed by atoms with Gasteiger partial charge in [-0.25, -0.2) is 9.37 Å². The fourth-order valence-electron chi connectivity index (χ4n) is 1.90. The van der Waals surface area contributed by atoms with Crippen molar-refractivity contribution in [1.82, 2.24) is 14.8 Å². The summed E-state index contributed by atoms with van der Waals surface area (Å²) in [5.74, 6) is 0.0233. The van der Waals surface area contributed by atoms with Crippen LogP contribution in [0.3, 0.4) is 0 Å². The van der Waals surface area contributed by atoms with Gasteiger partial charge in [-0.3, -0.25) is 4.68 Å². The van der Waals surface area contributed by atoms with Gasteiger partial charge in [0.15, 0.2) is 5.69 Å². The zero-order valence-electron chi connectivity index (χ0n) is 10.3. The van der Waals surface area contributed by atoms with Crippen LogP contribution in [0.4, 0.5) is 4.39 Å². The van der Waals surface area contributed by atoms with Gasteiger partial charge in [0.2, 0.25) is 5.89 Å². The first kappa shape index (κ1) is 12.1. The molecular weight excluding hydrogens is 259 g/mol. The van der Waals surface area contributed by atoms with Crippen LogP contribution in [-0.2, 0) is 6.54 Å². The molecule has 20 heavy (non-hydrogen) atoms. The van der Waals surface area contributed by atoms with Crippen LogP contribution >= 0.6 is 0 Å². The number of hydrogen-bond donors (Lipinski definition) is 0. The van der Waals surface area contributed by atoms with Gasteiger partial charge in [-0.15, -0.1) is 0 Å². The van der Waals surface area contributed by atoms with Gasteiger partial charge in [0, 0.05) is 11.6 Å². The number of nitrogens with zero attached hydrogens (tertiary/aromatic N) is 4. The van der Waals surface area contributed by atoms with Crippen molar-refractivity contribution in [3.63, 3.8) is 0 Å². The molecule has 6 heteroatoms. The van der Waals surface area contributed by atoms with Crippen LogP contribution in [0.15, 0.2) is 47.2 Å². The van der Waals surface area contributed by atoms with Crippen molar-refractivity contribution in [1.29, 1.82) is 5.26 Å². The van der Waals surface area contributed by atoms with Gasteiger partial charge in [-0.1, -0.05) is 18.2 Å². The minimum absolute atomic E-state index is 0.200. The van der Waals surface area contributed by atoms with E-state index in [2.05, 4.69) is 10.1 Å². The zero-order valence-corrected chi connectivity index (χ0v) is 10.3. The Morgan fingerprint density at radius 1 is 1.35 bits per heavy atom. The van der Waals surface area contributed by atoms with Gasteiger partial charge < -0.3 is 4.42 Å². The maximum absolute atomic E-state index is 13.7. The van der Waals surface area contributed by atoms with Gasteiger partial charge in [-0.05, 0) is 6.07 Å². The van der Waals surface area contributed by atoms with Crippen molar-refractivity contribution in [2.75, 3.05) is 0 Å². The third-order valence-corrected chi connectivity index (χ3v) is 2.82. The van der Waals surface area contributed by atoms with E-state index < -0.39 is 0 Å². The topological polar surface area (TPSA) is 67.6 Å². The summed E-state index contributed by atoms with van der Waals surface area (Å²) in [6.07, 6.45) is 2.93. The highest BCUT2D eigenvalue weighted by Gasteiger charge is 2.14. The Morgan fingerprint density at radius 2 is 2.20 bits per heavy atom. The van der Waals surface area contributed by atoms with E-state index in [1.54, 1.807) is 24.3 Å². The van der Waals surface area contributed by atoms with Crippen LogP contribution < -0.4 is 0 Å². The van der Waals surface area contributed by atoms with Crippen molar-refractivity contribution in [3.05, 3.63) is 59.9 Å². The third-order valence-electron chi connectivity index (χ3n) is 2.82. The molecule has 0 radical (unpaired) electrons. The molecule has 0 spiro atoms. The molecule has 0 unspecified atom stereocenters. The molecule has 0 saturated heterocycles. The lowest BCUT2D eigenvalue weighted by molar-refractivity contribution is 0.553. The average Bonchev–Trinajstić information content (AvgIpc) is 3.10. The normalized spacial score (nSPS) is 10.4. The van der Waals surface area contributed by atoms with Gasteiger partial charge >= 0.3 is 0 Å². The number of oxazole rings is 1. The number of hydrogen-bond acceptors (Lipinski definition) is 4. The van der Waals surface area contributed by atoms with Crippen molar-refractivity contribution in [2.45, 2.75) is 6.54 Å². The van der Waals surface area contributed by atoms with E-state index in [1.807, 2.05) is 6.07 Å². The summed E-state index contributed by atoms with van der Waals surface area (Å²) in [5, 5.41) is 13.1. The number of halogens is 1. The Balaban J connectivity index is 2.04. The Morgan fingerprint density at radius 3 is 2.90 bits per heavy atom. The molecule has 1 aromatic carbocycles. The number of benzene rings is 1. The highest BCUT2D eigenvalue weighted by Crippen LogP contribution is 2.20. The number of rotatable bonds is 3. The lowest BCUT2D eigenvalue weighted by Gasteiger charge is -2.06. The van der Waals surface area contributed by atoms with E-state index in [0.29, 0.717) is 17.1 Å². The summed E-state index contributed by atoms with van der Waals surface area (Å²) < 4.78 is 20.4. The van der Waals surface area contributed by atoms with Gasteiger partial charge in [-0.2, -0.15) is 10.4 Å². The van der Waals surface area contributed by atoms with Crippen LogP contribution in [0.25, 0.3) is 11.6 Å². The standard InChI is InChI=1S/C14H9FN4O/c15-12-4-2-1-3-10(12)9-19-13(7-11(8-16)18-19)14-17-5-6-20-14/h1-7H,9H2. The first-order chi connectivity index (χ1) is 9.78. The highest BCUT2D eigenvalue weighted by atomic mass is 19.1. The molecule has 0 fully saturated rings. The summed E-state index contributed by atoms with van der Waals surface area (Å²) in [6, 6.07) is 9.94. The summed E-state index contributed by atoms with van der Waals surface area (Å²) in [4.78, 5) is 4.03. The lowest BCUT2D eigenvalue weighted by atomic mass is 10.2. The van der Waals surface area contributed by atoms with Crippen LogP contribution in [0.1, 0.15) is 11.3 Å². The minimum Gasteiger partial charge on any atom is -0.443 e. The van der Waals surface area contributed by atoms with Crippen LogP contribution in [0.5, 0.6) is 0 Å². The Bertz CT molecular complexity index is 771. The molecule has 0 bridgehead atoms. The second-order valence-electron chi connectivity index (χ2n) is 4.11. The van der Waals surface area contributed by atoms with E-state index in [4.69, 9.17) is 9.68 Å². The summed E-state index contributed by atoms with van der Waals surface area (Å²) >= 11 is 0. The van der Waals surface area contributed by atoms with Crippen LogP contribution in [0, 0.1) is 17.1 Å². The SMILES string of the molecule is N#Cc1cc(-c2ncco2)n(Cc2ccccc2F)n1. The van der Waals surface area contributed by atoms with E-state index in [0.717, 1.165) is 0 Å². The van der Waals surface area contributed by atoms with Gasteiger partial charge in [0.1, 0.15) is 23.8 Å². The fourth-order valence-corrected chi connectivity index (χ4v) is 1.90. The van der Waals surface area contributed by atoms with Crippen LogP contribution in [0.2, 0.25) is 0 Å². The van der Waals surface area contributed by atoms with Crippen molar-refractivity contribution < 1.29 is 8.81 Å². The molecule has 3 rings (SSSR count). The van der Waals surface area contributed by atoms with Crippen molar-refractivity contribution in [3.8, 4) is 17.7 Å².